The van der Waals surface area contributed by atoms with Crippen molar-refractivity contribution in [2.45, 2.75) is 11.4 Å². The zero-order valence-corrected chi connectivity index (χ0v) is 18.5. The molecule has 0 saturated heterocycles. The first-order valence-corrected chi connectivity index (χ1v) is 11.4. The number of ether oxygens (including phenoxy) is 1. The number of guanidine groups is 1. The summed E-state index contributed by atoms with van der Waals surface area (Å²) in [5.74, 6) is 0.882. The third kappa shape index (κ3) is 4.60. The van der Waals surface area contributed by atoms with Crippen LogP contribution in [0.25, 0.3) is 0 Å². The fourth-order valence-electron chi connectivity index (χ4n) is 3.06. The molecular weight excluding hydrogens is 436 g/mol. The molecule has 9 heteroatoms. The van der Waals surface area contributed by atoms with Crippen LogP contribution in [0.15, 0.2) is 76.6 Å². The number of hydrogen-bond acceptors (Lipinski definition) is 5. The van der Waals surface area contributed by atoms with Crippen molar-refractivity contribution in [1.82, 2.24) is 4.72 Å². The molecule has 1 heterocycles. The van der Waals surface area contributed by atoms with Crippen LogP contribution in [0, 0.1) is 0 Å². The largest absolute Gasteiger partial charge is 0.454 e. The number of sulfonamides is 1. The summed E-state index contributed by atoms with van der Waals surface area (Å²) >= 11 is 6.19. The quantitative estimate of drug-likeness (QED) is 0.592. The molecule has 31 heavy (non-hydrogen) atoms. The zero-order valence-electron chi connectivity index (χ0n) is 17.0. The van der Waals surface area contributed by atoms with Gasteiger partial charge in [-0.15, -0.1) is 0 Å². The lowest BCUT2D eigenvalue weighted by Crippen LogP contribution is -2.40. The van der Waals surface area contributed by atoms with E-state index >= 15 is 0 Å². The second-order valence-corrected chi connectivity index (χ2v) is 9.18. The van der Waals surface area contributed by atoms with E-state index in [0.29, 0.717) is 28.8 Å². The van der Waals surface area contributed by atoms with Gasteiger partial charge in [0.15, 0.2) is 5.75 Å². The second kappa shape index (κ2) is 8.49. The van der Waals surface area contributed by atoms with Gasteiger partial charge in [0.05, 0.1) is 11.6 Å². The van der Waals surface area contributed by atoms with Gasteiger partial charge >= 0.3 is 0 Å². The Morgan fingerprint density at radius 1 is 0.968 bits per heavy atom. The first kappa shape index (κ1) is 21.0. The fourth-order valence-corrected chi connectivity index (χ4v) is 4.39. The van der Waals surface area contributed by atoms with Crippen LogP contribution in [0.2, 0.25) is 5.02 Å². The number of hydrogen-bond donors (Lipinski definition) is 2. The van der Waals surface area contributed by atoms with Gasteiger partial charge in [0.25, 0.3) is 10.0 Å². The number of nitrogens with zero attached hydrogens (tertiary/aromatic N) is 2. The predicted molar refractivity (Wildman–Crippen MR) is 124 cm³/mol. The molecule has 0 atom stereocenters. The zero-order chi connectivity index (χ0) is 22.0. The number of anilines is 2. The van der Waals surface area contributed by atoms with Crippen LogP contribution in [-0.2, 0) is 16.6 Å². The van der Waals surface area contributed by atoms with Crippen LogP contribution in [0.3, 0.4) is 0 Å². The van der Waals surface area contributed by atoms with Crippen molar-refractivity contribution in [3.8, 4) is 11.5 Å². The standard InChI is InChI=1S/C22H21ClN4O3S/c1-27(2)16-12-10-15(11-13-16)14-24-22-25-21-19(30-18-7-4-3-6-17(18)23)8-5-9-20(21)31(28,29)26-22/h3-13H,14H2,1-2H3,(H2,24,25,26). The summed E-state index contributed by atoms with van der Waals surface area (Å²) in [6, 6.07) is 19.7. The van der Waals surface area contributed by atoms with E-state index < -0.39 is 10.0 Å². The number of nitrogens with one attached hydrogen (secondary N) is 2. The maximum Gasteiger partial charge on any atom is 0.266 e. The highest BCUT2D eigenvalue weighted by Gasteiger charge is 2.29. The average Bonchev–Trinajstić information content (AvgIpc) is 2.74. The minimum atomic E-state index is -3.80. The summed E-state index contributed by atoms with van der Waals surface area (Å²) in [6.07, 6.45) is 0. The van der Waals surface area contributed by atoms with Crippen LogP contribution in [0.1, 0.15) is 5.56 Å². The van der Waals surface area contributed by atoms with Gasteiger partial charge in [-0.25, -0.2) is 18.1 Å². The molecule has 0 fully saturated rings. The molecule has 0 radical (unpaired) electrons. The molecule has 0 bridgehead atoms. The fraction of sp³-hybridized carbons (Fsp3) is 0.136. The molecule has 2 N–H and O–H groups in total. The van der Waals surface area contributed by atoms with E-state index in [1.54, 1.807) is 36.4 Å². The van der Waals surface area contributed by atoms with E-state index in [4.69, 9.17) is 16.3 Å². The lowest BCUT2D eigenvalue weighted by Gasteiger charge is -2.23. The molecular formula is C22H21ClN4O3S. The van der Waals surface area contributed by atoms with Gasteiger partial charge in [-0.1, -0.05) is 41.9 Å². The van der Waals surface area contributed by atoms with E-state index in [2.05, 4.69) is 15.0 Å². The molecule has 3 aromatic carbocycles. The van der Waals surface area contributed by atoms with E-state index in [9.17, 15) is 8.42 Å². The van der Waals surface area contributed by atoms with Gasteiger partial charge in [-0.3, -0.25) is 0 Å². The van der Waals surface area contributed by atoms with Gasteiger partial charge in [0.2, 0.25) is 5.96 Å². The number of aliphatic imine (C=N–C) groups is 1. The molecule has 0 unspecified atom stereocenters. The topological polar surface area (TPSA) is 83.0 Å². The summed E-state index contributed by atoms with van der Waals surface area (Å²) in [4.78, 5) is 6.49. The monoisotopic (exact) mass is 456 g/mol. The number of halogens is 1. The Morgan fingerprint density at radius 3 is 2.39 bits per heavy atom. The smallest absolute Gasteiger partial charge is 0.266 e. The number of fused-ring (bicyclic) bond motifs is 1. The summed E-state index contributed by atoms with van der Waals surface area (Å²) in [5, 5.41) is 3.47. The van der Waals surface area contributed by atoms with E-state index in [1.165, 1.54) is 6.07 Å². The predicted octanol–water partition coefficient (Wildman–Crippen LogP) is 4.46. The second-order valence-electron chi connectivity index (χ2n) is 7.12. The summed E-state index contributed by atoms with van der Waals surface area (Å²) in [5.41, 5.74) is 2.33. The lowest BCUT2D eigenvalue weighted by atomic mass is 10.2. The average molecular weight is 457 g/mol. The SMILES string of the molecule is CN(C)c1ccc(CN=C2Nc3c(Oc4ccccc4Cl)cccc3S(=O)(=O)N2)cc1. The van der Waals surface area contributed by atoms with Crippen molar-refractivity contribution < 1.29 is 13.2 Å². The van der Waals surface area contributed by atoms with Crippen molar-refractivity contribution in [2.75, 3.05) is 24.3 Å². The molecule has 0 aliphatic carbocycles. The highest BCUT2D eigenvalue weighted by Crippen LogP contribution is 2.38. The Morgan fingerprint density at radius 2 is 1.68 bits per heavy atom. The summed E-state index contributed by atoms with van der Waals surface area (Å²) < 4.78 is 33.9. The van der Waals surface area contributed by atoms with Crippen molar-refractivity contribution in [3.05, 3.63) is 77.3 Å². The Hall–Kier alpha value is -3.23. The minimum Gasteiger partial charge on any atom is -0.454 e. The third-order valence-electron chi connectivity index (χ3n) is 4.68. The highest BCUT2D eigenvalue weighted by atomic mass is 35.5. The van der Waals surface area contributed by atoms with E-state index in [-0.39, 0.29) is 10.9 Å². The van der Waals surface area contributed by atoms with Crippen LogP contribution in [0.4, 0.5) is 11.4 Å². The Kier molecular flexibility index (Phi) is 5.75. The van der Waals surface area contributed by atoms with Crippen molar-refractivity contribution in [3.63, 3.8) is 0 Å². The van der Waals surface area contributed by atoms with Crippen molar-refractivity contribution in [2.24, 2.45) is 4.99 Å². The van der Waals surface area contributed by atoms with Crippen LogP contribution in [-0.4, -0.2) is 28.5 Å². The summed E-state index contributed by atoms with van der Waals surface area (Å²) in [6.45, 7) is 0.307. The number of rotatable bonds is 5. The van der Waals surface area contributed by atoms with Gasteiger partial charge in [-0.2, -0.15) is 0 Å². The molecule has 7 nitrogen and oxygen atoms in total. The van der Waals surface area contributed by atoms with Crippen LogP contribution in [0.5, 0.6) is 11.5 Å². The van der Waals surface area contributed by atoms with Crippen molar-refractivity contribution in [1.29, 1.82) is 0 Å². The molecule has 4 rings (SSSR count). The molecule has 0 amide bonds. The summed E-state index contributed by atoms with van der Waals surface area (Å²) in [7, 11) is 0.134. The van der Waals surface area contributed by atoms with Gasteiger partial charge in [0.1, 0.15) is 16.3 Å². The minimum absolute atomic E-state index is 0.0753. The first-order valence-electron chi connectivity index (χ1n) is 9.49. The van der Waals surface area contributed by atoms with Gasteiger partial charge < -0.3 is 15.0 Å². The van der Waals surface area contributed by atoms with Gasteiger partial charge in [0, 0.05) is 19.8 Å². The number of benzene rings is 3. The Balaban J connectivity index is 1.62. The van der Waals surface area contributed by atoms with Crippen molar-refractivity contribution >= 4 is 39.0 Å². The molecule has 0 spiro atoms. The molecule has 1 aliphatic rings. The normalized spacial score (nSPS) is 15.5. The Bertz CT molecular complexity index is 1240. The third-order valence-corrected chi connectivity index (χ3v) is 6.37. The van der Waals surface area contributed by atoms with Gasteiger partial charge in [-0.05, 0) is 42.0 Å². The molecule has 3 aromatic rings. The molecule has 0 saturated carbocycles. The Labute approximate surface area is 186 Å². The maximum atomic E-state index is 12.8. The van der Waals surface area contributed by atoms with Crippen LogP contribution >= 0.6 is 11.6 Å². The first-order chi connectivity index (χ1) is 14.8. The molecule has 0 aromatic heterocycles. The van der Waals surface area contributed by atoms with Crippen LogP contribution < -0.4 is 19.7 Å². The highest BCUT2D eigenvalue weighted by molar-refractivity contribution is 7.90. The lowest BCUT2D eigenvalue weighted by molar-refractivity contribution is 0.483. The number of para-hydroxylation sites is 2. The molecule has 1 aliphatic heterocycles. The molecule has 160 valence electrons. The van der Waals surface area contributed by atoms with E-state index in [1.807, 2.05) is 43.3 Å². The van der Waals surface area contributed by atoms with E-state index in [0.717, 1.165) is 11.3 Å². The maximum absolute atomic E-state index is 12.8.